The predicted octanol–water partition coefficient (Wildman–Crippen LogP) is 4.17. The largest absolute Gasteiger partial charge is 0.508 e. The first-order chi connectivity index (χ1) is 16.8. The first kappa shape index (κ1) is 29.4. The van der Waals surface area contributed by atoms with Gasteiger partial charge in [-0.25, -0.2) is 14.5 Å². The minimum absolute atomic E-state index is 0.0395. The van der Waals surface area contributed by atoms with E-state index in [0.717, 1.165) is 0 Å². The van der Waals surface area contributed by atoms with Crippen molar-refractivity contribution in [2.24, 2.45) is 0 Å². The minimum Gasteiger partial charge on any atom is -0.508 e. The average Bonchev–Trinajstić information content (AvgIpc) is 2.75. The number of pyridine rings is 1. The summed E-state index contributed by atoms with van der Waals surface area (Å²) in [5.74, 6) is -0.406. The lowest BCUT2D eigenvalue weighted by Crippen LogP contribution is -2.42. The third-order valence-electron chi connectivity index (χ3n) is 4.28. The smallest absolute Gasteiger partial charge is 0.421 e. The molecule has 2 rings (SSSR count). The van der Waals surface area contributed by atoms with E-state index < -0.39 is 28.0 Å². The van der Waals surface area contributed by atoms with E-state index in [0.29, 0.717) is 17.8 Å². The summed E-state index contributed by atoms with van der Waals surface area (Å²) in [5, 5.41) is 9.38. The first-order valence-electron chi connectivity index (χ1n) is 10.5. The standard InChI is InChI=1S/C21H25ClF3N3O7S/c1-13(2)33-9-7-27-36(31,32)28-20(30)34-8-3-4-14-5-6-16(29)11-18(14)35-19-17(22)10-15(12-26-19)21(23,24)25/h5-6,10-13,27,29H,3-4,7-9H2,1-2H3,(H,28,30). The molecule has 2 aromatic rings. The van der Waals surface area contributed by atoms with Gasteiger partial charge in [-0.1, -0.05) is 17.7 Å². The number of aromatic hydroxyl groups is 1. The Morgan fingerprint density at radius 1 is 1.22 bits per heavy atom. The molecule has 0 fully saturated rings. The van der Waals surface area contributed by atoms with Gasteiger partial charge in [-0.05, 0) is 44.4 Å². The van der Waals surface area contributed by atoms with Crippen LogP contribution in [0.1, 0.15) is 31.4 Å². The number of rotatable bonds is 12. The van der Waals surface area contributed by atoms with E-state index in [1.807, 2.05) is 0 Å². The zero-order valence-electron chi connectivity index (χ0n) is 19.3. The van der Waals surface area contributed by atoms with Crippen molar-refractivity contribution in [2.45, 2.75) is 39.0 Å². The predicted molar refractivity (Wildman–Crippen MR) is 123 cm³/mol. The quantitative estimate of drug-likeness (QED) is 0.332. The molecule has 1 amide bonds. The summed E-state index contributed by atoms with van der Waals surface area (Å²) in [5.41, 5.74) is -0.554. The van der Waals surface area contributed by atoms with Gasteiger partial charge in [-0.2, -0.15) is 26.3 Å². The molecule has 15 heteroatoms. The topological polar surface area (TPSA) is 136 Å². The molecule has 0 aliphatic heterocycles. The molecule has 3 N–H and O–H groups in total. The lowest BCUT2D eigenvalue weighted by atomic mass is 10.1. The van der Waals surface area contributed by atoms with Crippen LogP contribution < -0.4 is 14.2 Å². The second-order valence-corrected chi connectivity index (χ2v) is 9.47. The zero-order chi connectivity index (χ0) is 26.9. The van der Waals surface area contributed by atoms with E-state index in [-0.39, 0.29) is 61.1 Å². The van der Waals surface area contributed by atoms with Crippen molar-refractivity contribution in [3.63, 3.8) is 0 Å². The van der Waals surface area contributed by atoms with Gasteiger partial charge in [-0.3, -0.25) is 0 Å². The Morgan fingerprint density at radius 2 is 1.94 bits per heavy atom. The molecule has 0 radical (unpaired) electrons. The van der Waals surface area contributed by atoms with Crippen molar-refractivity contribution < 1.29 is 45.7 Å². The highest BCUT2D eigenvalue weighted by molar-refractivity contribution is 7.88. The molecular formula is C21H25ClF3N3O7S. The minimum atomic E-state index is -4.63. The van der Waals surface area contributed by atoms with Gasteiger partial charge in [0.1, 0.15) is 16.5 Å². The number of nitrogens with zero attached hydrogens (tertiary/aromatic N) is 1. The molecule has 0 saturated carbocycles. The third kappa shape index (κ3) is 10.0. The number of phenols is 1. The fourth-order valence-corrected chi connectivity index (χ4v) is 3.59. The lowest BCUT2D eigenvalue weighted by molar-refractivity contribution is -0.137. The van der Waals surface area contributed by atoms with Gasteiger partial charge in [0, 0.05) is 18.8 Å². The maximum atomic E-state index is 12.8. The summed E-state index contributed by atoms with van der Waals surface area (Å²) in [6.07, 6.45) is -4.87. The van der Waals surface area contributed by atoms with E-state index in [1.54, 1.807) is 18.6 Å². The number of amides is 1. The van der Waals surface area contributed by atoms with Gasteiger partial charge in [-0.15, -0.1) is 0 Å². The van der Waals surface area contributed by atoms with E-state index >= 15 is 0 Å². The van der Waals surface area contributed by atoms with Crippen molar-refractivity contribution in [1.82, 2.24) is 14.4 Å². The van der Waals surface area contributed by atoms with Crippen LogP contribution in [-0.4, -0.2) is 50.5 Å². The molecule has 1 aromatic heterocycles. The van der Waals surface area contributed by atoms with Crippen LogP contribution >= 0.6 is 11.6 Å². The van der Waals surface area contributed by atoms with Gasteiger partial charge >= 0.3 is 22.5 Å². The number of ether oxygens (including phenoxy) is 3. The summed E-state index contributed by atoms with van der Waals surface area (Å²) in [6.45, 7) is 3.49. The molecular weight excluding hydrogens is 531 g/mol. The Kier molecular flexibility index (Phi) is 10.6. The van der Waals surface area contributed by atoms with Crippen LogP contribution in [-0.2, 0) is 32.3 Å². The molecule has 1 aromatic carbocycles. The van der Waals surface area contributed by atoms with Gasteiger partial charge in [0.25, 0.3) is 0 Å². The molecule has 0 bridgehead atoms. The third-order valence-corrected chi connectivity index (χ3v) is 5.57. The Labute approximate surface area is 210 Å². The van der Waals surface area contributed by atoms with Gasteiger partial charge < -0.3 is 19.3 Å². The molecule has 0 unspecified atom stereocenters. The number of carbonyl (C=O) groups excluding carboxylic acids is 1. The molecule has 0 spiro atoms. The highest BCUT2D eigenvalue weighted by Gasteiger charge is 2.32. The first-order valence-corrected chi connectivity index (χ1v) is 12.4. The number of hydrogen-bond donors (Lipinski definition) is 3. The highest BCUT2D eigenvalue weighted by atomic mass is 35.5. The second-order valence-electron chi connectivity index (χ2n) is 7.56. The van der Waals surface area contributed by atoms with Crippen molar-refractivity contribution in [1.29, 1.82) is 0 Å². The number of alkyl halides is 3. The molecule has 0 aliphatic carbocycles. The van der Waals surface area contributed by atoms with Gasteiger partial charge in [0.05, 0.1) is 24.9 Å². The summed E-state index contributed by atoms with van der Waals surface area (Å²) in [6, 6.07) is 4.74. The van der Waals surface area contributed by atoms with E-state index in [9.17, 15) is 31.5 Å². The number of carbonyl (C=O) groups is 1. The maximum absolute atomic E-state index is 12.8. The van der Waals surface area contributed by atoms with E-state index in [4.69, 9.17) is 25.8 Å². The highest BCUT2D eigenvalue weighted by Crippen LogP contribution is 2.36. The van der Waals surface area contributed by atoms with Crippen LogP contribution in [0.3, 0.4) is 0 Å². The number of benzene rings is 1. The fourth-order valence-electron chi connectivity index (χ4n) is 2.68. The number of hydrogen-bond acceptors (Lipinski definition) is 8. The Morgan fingerprint density at radius 3 is 2.58 bits per heavy atom. The zero-order valence-corrected chi connectivity index (χ0v) is 20.8. The van der Waals surface area contributed by atoms with Crippen LogP contribution in [0.25, 0.3) is 0 Å². The number of aromatic nitrogens is 1. The van der Waals surface area contributed by atoms with Crippen LogP contribution in [0, 0.1) is 0 Å². The van der Waals surface area contributed by atoms with E-state index in [2.05, 4.69) is 9.71 Å². The number of halogens is 4. The molecule has 36 heavy (non-hydrogen) atoms. The maximum Gasteiger partial charge on any atom is 0.421 e. The molecule has 0 aliphatic rings. The van der Waals surface area contributed by atoms with Crippen molar-refractivity contribution in [3.8, 4) is 17.4 Å². The van der Waals surface area contributed by atoms with Gasteiger partial charge in [0.2, 0.25) is 5.88 Å². The summed E-state index contributed by atoms with van der Waals surface area (Å²) >= 11 is 5.87. The normalized spacial score (nSPS) is 12.0. The molecule has 200 valence electrons. The summed E-state index contributed by atoms with van der Waals surface area (Å²) < 4.78 is 81.4. The lowest BCUT2D eigenvalue weighted by Gasteiger charge is -2.13. The van der Waals surface area contributed by atoms with E-state index in [1.165, 1.54) is 18.2 Å². The Hall–Kier alpha value is -2.81. The van der Waals surface area contributed by atoms with Gasteiger partial charge in [0.15, 0.2) is 0 Å². The molecule has 0 saturated heterocycles. The monoisotopic (exact) mass is 555 g/mol. The SMILES string of the molecule is CC(C)OCCNS(=O)(=O)NC(=O)OCCCc1ccc(O)cc1Oc1ncc(C(F)(F)F)cc1Cl. The van der Waals surface area contributed by atoms with Crippen LogP contribution in [0.4, 0.5) is 18.0 Å². The van der Waals surface area contributed by atoms with Crippen molar-refractivity contribution in [3.05, 3.63) is 46.6 Å². The number of nitrogens with one attached hydrogen (secondary N) is 2. The number of phenolic OH excluding ortho intramolecular Hbond substituents is 1. The van der Waals surface area contributed by atoms with Crippen molar-refractivity contribution in [2.75, 3.05) is 19.8 Å². The summed E-state index contributed by atoms with van der Waals surface area (Å²) in [4.78, 5) is 15.4. The van der Waals surface area contributed by atoms with Crippen LogP contribution in [0.15, 0.2) is 30.5 Å². The van der Waals surface area contributed by atoms with Crippen molar-refractivity contribution >= 4 is 27.9 Å². The Bertz CT molecular complexity index is 1150. The Balaban J connectivity index is 1.90. The fraction of sp³-hybridized carbons (Fsp3) is 0.429. The molecule has 1 heterocycles. The number of aryl methyl sites for hydroxylation is 1. The average molecular weight is 556 g/mol. The molecule has 0 atom stereocenters. The summed E-state index contributed by atoms with van der Waals surface area (Å²) in [7, 11) is -4.12. The van der Waals surface area contributed by atoms with Crippen LogP contribution in [0.5, 0.6) is 17.4 Å². The molecule has 10 nitrogen and oxygen atoms in total. The second kappa shape index (κ2) is 12.9. The van der Waals surface area contributed by atoms with Crippen LogP contribution in [0.2, 0.25) is 5.02 Å².